The maximum absolute atomic E-state index is 5.32. The van der Waals surface area contributed by atoms with E-state index in [0.29, 0.717) is 12.5 Å². The third-order valence-corrected chi connectivity index (χ3v) is 2.09. The molecule has 0 aromatic carbocycles. The SMILES string of the molecule is CCCCCC(C)/C=C/C=C/CN. The molecule has 13 heavy (non-hydrogen) atoms. The summed E-state index contributed by atoms with van der Waals surface area (Å²) in [7, 11) is 0. The van der Waals surface area contributed by atoms with Crippen LogP contribution in [0.1, 0.15) is 39.5 Å². The van der Waals surface area contributed by atoms with Crippen LogP contribution < -0.4 is 5.73 Å². The van der Waals surface area contributed by atoms with Crippen molar-refractivity contribution in [1.29, 1.82) is 0 Å². The Labute approximate surface area is 82.7 Å². The molecule has 0 aliphatic heterocycles. The van der Waals surface area contributed by atoms with Gasteiger partial charge in [0, 0.05) is 6.54 Å². The van der Waals surface area contributed by atoms with Gasteiger partial charge in [0.05, 0.1) is 0 Å². The molecule has 1 nitrogen and oxygen atoms in total. The zero-order chi connectivity index (χ0) is 9.94. The second-order valence-electron chi connectivity index (χ2n) is 3.52. The van der Waals surface area contributed by atoms with Gasteiger partial charge in [-0.25, -0.2) is 0 Å². The summed E-state index contributed by atoms with van der Waals surface area (Å²) >= 11 is 0. The molecular formula is C12H23N. The van der Waals surface area contributed by atoms with Crippen molar-refractivity contribution in [1.82, 2.24) is 0 Å². The van der Waals surface area contributed by atoms with Crippen LogP contribution in [0.2, 0.25) is 0 Å². The quantitative estimate of drug-likeness (QED) is 0.473. The molecule has 0 fully saturated rings. The molecule has 1 atom stereocenters. The minimum atomic E-state index is 0.633. The lowest BCUT2D eigenvalue weighted by Crippen LogP contribution is -1.92. The second-order valence-corrected chi connectivity index (χ2v) is 3.52. The third-order valence-electron chi connectivity index (χ3n) is 2.09. The molecule has 1 heteroatoms. The molecule has 0 spiro atoms. The van der Waals surface area contributed by atoms with E-state index in [0.717, 1.165) is 0 Å². The smallest absolute Gasteiger partial charge is 0.0109 e. The van der Waals surface area contributed by atoms with Gasteiger partial charge in [-0.3, -0.25) is 0 Å². The van der Waals surface area contributed by atoms with Crippen LogP contribution in [0.4, 0.5) is 0 Å². The Hall–Kier alpha value is -0.560. The average Bonchev–Trinajstić information content (AvgIpc) is 2.13. The summed E-state index contributed by atoms with van der Waals surface area (Å²) < 4.78 is 0. The van der Waals surface area contributed by atoms with Crippen molar-refractivity contribution in [3.8, 4) is 0 Å². The predicted molar refractivity (Wildman–Crippen MR) is 60.6 cm³/mol. The van der Waals surface area contributed by atoms with Crippen molar-refractivity contribution in [2.24, 2.45) is 11.7 Å². The van der Waals surface area contributed by atoms with E-state index in [4.69, 9.17) is 5.73 Å². The minimum Gasteiger partial charge on any atom is -0.327 e. The van der Waals surface area contributed by atoms with Crippen LogP contribution >= 0.6 is 0 Å². The first-order valence-electron chi connectivity index (χ1n) is 5.34. The van der Waals surface area contributed by atoms with E-state index in [-0.39, 0.29) is 0 Å². The molecule has 0 aliphatic carbocycles. The average molecular weight is 181 g/mol. The van der Waals surface area contributed by atoms with Gasteiger partial charge in [-0.1, -0.05) is 57.4 Å². The molecule has 0 bridgehead atoms. The van der Waals surface area contributed by atoms with E-state index < -0.39 is 0 Å². The highest BCUT2D eigenvalue weighted by Gasteiger charge is 1.94. The predicted octanol–water partition coefficient (Wildman–Crippen LogP) is 3.27. The Balaban J connectivity index is 3.43. The van der Waals surface area contributed by atoms with Gasteiger partial charge in [0.25, 0.3) is 0 Å². The summed E-state index contributed by atoms with van der Waals surface area (Å²) in [5.41, 5.74) is 5.32. The number of hydrogen-bond donors (Lipinski definition) is 1. The maximum Gasteiger partial charge on any atom is 0.0109 e. The molecule has 0 aromatic rings. The molecule has 0 aromatic heterocycles. The number of nitrogens with two attached hydrogens (primary N) is 1. The van der Waals surface area contributed by atoms with Crippen molar-refractivity contribution >= 4 is 0 Å². The molecule has 76 valence electrons. The van der Waals surface area contributed by atoms with Crippen LogP contribution in [-0.2, 0) is 0 Å². The van der Waals surface area contributed by atoms with Crippen molar-refractivity contribution < 1.29 is 0 Å². The van der Waals surface area contributed by atoms with Gasteiger partial charge in [-0.2, -0.15) is 0 Å². The molecule has 0 saturated carbocycles. The van der Waals surface area contributed by atoms with E-state index in [9.17, 15) is 0 Å². The first kappa shape index (κ1) is 12.4. The topological polar surface area (TPSA) is 26.0 Å². The normalized spacial score (nSPS) is 14.4. The van der Waals surface area contributed by atoms with Crippen LogP contribution in [0.25, 0.3) is 0 Å². The van der Waals surface area contributed by atoms with Crippen LogP contribution in [-0.4, -0.2) is 6.54 Å². The third kappa shape index (κ3) is 9.35. The zero-order valence-corrected chi connectivity index (χ0v) is 9.00. The van der Waals surface area contributed by atoms with Crippen molar-refractivity contribution in [3.05, 3.63) is 24.3 Å². The first-order valence-corrected chi connectivity index (χ1v) is 5.34. The summed E-state index contributed by atoms with van der Waals surface area (Å²) in [5, 5.41) is 0. The van der Waals surface area contributed by atoms with Crippen LogP contribution in [0.15, 0.2) is 24.3 Å². The lowest BCUT2D eigenvalue weighted by molar-refractivity contribution is 0.576. The van der Waals surface area contributed by atoms with E-state index in [1.54, 1.807) is 0 Å². The fraction of sp³-hybridized carbons (Fsp3) is 0.667. The van der Waals surface area contributed by atoms with Gasteiger partial charge < -0.3 is 5.73 Å². The second kappa shape index (κ2) is 9.53. The summed E-state index contributed by atoms with van der Waals surface area (Å²) in [6, 6.07) is 0. The summed E-state index contributed by atoms with van der Waals surface area (Å²) in [6.45, 7) is 5.14. The van der Waals surface area contributed by atoms with Crippen LogP contribution in [0, 0.1) is 5.92 Å². The van der Waals surface area contributed by atoms with Gasteiger partial charge in [-0.15, -0.1) is 0 Å². The summed E-state index contributed by atoms with van der Waals surface area (Å²) in [4.78, 5) is 0. The number of rotatable bonds is 7. The van der Waals surface area contributed by atoms with Crippen LogP contribution in [0.3, 0.4) is 0 Å². The monoisotopic (exact) mass is 181 g/mol. The van der Waals surface area contributed by atoms with Gasteiger partial charge in [0.2, 0.25) is 0 Å². The van der Waals surface area contributed by atoms with Gasteiger partial charge in [0.1, 0.15) is 0 Å². The standard InChI is InChI=1S/C12H23N/c1-3-4-6-9-12(2)10-7-5-8-11-13/h5,7-8,10,12H,3-4,6,9,11,13H2,1-2H3/b8-5+,10-7+. The molecule has 0 aliphatic rings. The van der Waals surface area contributed by atoms with E-state index >= 15 is 0 Å². The molecule has 0 radical (unpaired) electrons. The van der Waals surface area contributed by atoms with Crippen LogP contribution in [0.5, 0.6) is 0 Å². The Morgan fingerprint density at radius 1 is 1.23 bits per heavy atom. The number of hydrogen-bond acceptors (Lipinski definition) is 1. The molecule has 0 rings (SSSR count). The Bertz CT molecular complexity index is 147. The van der Waals surface area contributed by atoms with Gasteiger partial charge in [-0.05, 0) is 12.3 Å². The Morgan fingerprint density at radius 3 is 2.62 bits per heavy atom. The largest absolute Gasteiger partial charge is 0.327 e. The lowest BCUT2D eigenvalue weighted by atomic mass is 10.0. The number of allylic oxidation sites excluding steroid dienone is 3. The fourth-order valence-corrected chi connectivity index (χ4v) is 1.22. The minimum absolute atomic E-state index is 0.633. The van der Waals surface area contributed by atoms with Gasteiger partial charge >= 0.3 is 0 Å². The van der Waals surface area contributed by atoms with Crippen molar-refractivity contribution in [2.75, 3.05) is 6.54 Å². The fourth-order valence-electron chi connectivity index (χ4n) is 1.22. The highest BCUT2D eigenvalue weighted by atomic mass is 14.5. The molecule has 2 N–H and O–H groups in total. The Kier molecular flexibility index (Phi) is 9.12. The van der Waals surface area contributed by atoms with E-state index in [2.05, 4.69) is 26.0 Å². The molecule has 0 saturated heterocycles. The maximum atomic E-state index is 5.32. The molecule has 1 unspecified atom stereocenters. The molecule has 0 heterocycles. The van der Waals surface area contributed by atoms with Crippen molar-refractivity contribution in [2.45, 2.75) is 39.5 Å². The highest BCUT2D eigenvalue weighted by Crippen LogP contribution is 2.10. The van der Waals surface area contributed by atoms with E-state index in [1.165, 1.54) is 25.7 Å². The molecule has 0 amide bonds. The van der Waals surface area contributed by atoms with Gasteiger partial charge in [0.15, 0.2) is 0 Å². The van der Waals surface area contributed by atoms with Crippen molar-refractivity contribution in [3.63, 3.8) is 0 Å². The summed E-state index contributed by atoms with van der Waals surface area (Å²) in [6.07, 6.45) is 13.7. The van der Waals surface area contributed by atoms with E-state index in [1.807, 2.05) is 12.2 Å². The highest BCUT2D eigenvalue weighted by molar-refractivity contribution is 5.04. The lowest BCUT2D eigenvalue weighted by Gasteiger charge is -2.03. The number of unbranched alkanes of at least 4 members (excludes halogenated alkanes) is 2. The first-order chi connectivity index (χ1) is 6.31. The Morgan fingerprint density at radius 2 is 2.00 bits per heavy atom. The zero-order valence-electron chi connectivity index (χ0n) is 9.00. The molecular weight excluding hydrogens is 158 g/mol. The summed E-state index contributed by atoms with van der Waals surface area (Å²) in [5.74, 6) is 0.703.